The molecule has 0 amide bonds. The van der Waals surface area contributed by atoms with Gasteiger partial charge in [-0.05, 0) is 41.0 Å². The van der Waals surface area contributed by atoms with Gasteiger partial charge < -0.3 is 10.5 Å². The Morgan fingerprint density at radius 2 is 1.76 bits per heavy atom. The summed E-state index contributed by atoms with van der Waals surface area (Å²) in [6.07, 6.45) is 0.338. The lowest BCUT2D eigenvalue weighted by atomic mass is 10.2. The summed E-state index contributed by atoms with van der Waals surface area (Å²) < 4.78 is 28.6. The molecule has 6 heteroatoms. The Kier molecular flexibility index (Phi) is 5.61. The summed E-state index contributed by atoms with van der Waals surface area (Å²) in [4.78, 5) is 11.4. The van der Waals surface area contributed by atoms with E-state index in [9.17, 15) is 13.2 Å². The van der Waals surface area contributed by atoms with Crippen molar-refractivity contribution in [1.82, 2.24) is 0 Å². The molecule has 2 atom stereocenters. The van der Waals surface area contributed by atoms with Crippen molar-refractivity contribution in [2.75, 3.05) is 5.75 Å². The average Bonchev–Trinajstić information content (AvgIpc) is 1.96. The van der Waals surface area contributed by atoms with Gasteiger partial charge >= 0.3 is 5.97 Å². The van der Waals surface area contributed by atoms with Crippen molar-refractivity contribution in [3.63, 3.8) is 0 Å². The van der Waals surface area contributed by atoms with Gasteiger partial charge in [0, 0.05) is 6.04 Å². The Labute approximate surface area is 104 Å². The molecule has 0 aliphatic rings. The first-order valence-electron chi connectivity index (χ1n) is 5.63. The third-order valence-corrected chi connectivity index (χ3v) is 4.11. The second-order valence-electron chi connectivity index (χ2n) is 5.42. The van der Waals surface area contributed by atoms with E-state index in [2.05, 4.69) is 0 Å². The molecule has 0 rings (SSSR count). The van der Waals surface area contributed by atoms with E-state index >= 15 is 0 Å². The number of hydrogen-bond donors (Lipinski definition) is 1. The van der Waals surface area contributed by atoms with Crippen molar-refractivity contribution in [3.05, 3.63) is 0 Å². The topological polar surface area (TPSA) is 86.5 Å². The van der Waals surface area contributed by atoms with E-state index in [-0.39, 0.29) is 6.04 Å². The molecule has 0 saturated heterocycles. The van der Waals surface area contributed by atoms with Crippen LogP contribution in [0.25, 0.3) is 0 Å². The van der Waals surface area contributed by atoms with Gasteiger partial charge in [-0.25, -0.2) is 8.42 Å². The lowest BCUT2D eigenvalue weighted by Crippen LogP contribution is -2.34. The van der Waals surface area contributed by atoms with Gasteiger partial charge in [-0.3, -0.25) is 4.79 Å². The van der Waals surface area contributed by atoms with Gasteiger partial charge in [0.1, 0.15) is 11.4 Å². The molecular weight excluding hydrogens is 242 g/mol. The van der Waals surface area contributed by atoms with Crippen LogP contribution in [-0.2, 0) is 19.4 Å². The molecule has 0 spiro atoms. The Balaban J connectivity index is 4.50. The molecule has 0 aromatic rings. The molecule has 102 valence electrons. The zero-order valence-electron chi connectivity index (χ0n) is 11.2. The fourth-order valence-corrected chi connectivity index (χ4v) is 2.62. The fourth-order valence-electron chi connectivity index (χ4n) is 1.35. The Morgan fingerprint density at radius 1 is 1.29 bits per heavy atom. The monoisotopic (exact) mass is 265 g/mol. The third-order valence-electron chi connectivity index (χ3n) is 2.06. The van der Waals surface area contributed by atoms with Crippen molar-refractivity contribution in [1.29, 1.82) is 0 Å². The SMILES string of the molecule is CC(N)CC(C)S(=O)(=O)CC(=O)OC(C)(C)C. The quantitative estimate of drug-likeness (QED) is 0.745. The Bertz CT molecular complexity index is 354. The Hall–Kier alpha value is -0.620. The van der Waals surface area contributed by atoms with Crippen molar-refractivity contribution >= 4 is 15.8 Å². The van der Waals surface area contributed by atoms with Gasteiger partial charge in [0.05, 0.1) is 5.25 Å². The Morgan fingerprint density at radius 3 is 2.12 bits per heavy atom. The highest BCUT2D eigenvalue weighted by Crippen LogP contribution is 2.12. The number of esters is 1. The van der Waals surface area contributed by atoms with E-state index in [1.165, 1.54) is 0 Å². The van der Waals surface area contributed by atoms with E-state index < -0.39 is 32.4 Å². The van der Waals surface area contributed by atoms with Crippen LogP contribution >= 0.6 is 0 Å². The number of nitrogens with two attached hydrogens (primary N) is 1. The molecule has 5 nitrogen and oxygen atoms in total. The minimum Gasteiger partial charge on any atom is -0.459 e. The van der Waals surface area contributed by atoms with Crippen LogP contribution in [0.2, 0.25) is 0 Å². The molecule has 0 aromatic carbocycles. The summed E-state index contributed by atoms with van der Waals surface area (Å²) >= 11 is 0. The van der Waals surface area contributed by atoms with E-state index in [4.69, 9.17) is 10.5 Å². The van der Waals surface area contributed by atoms with E-state index in [1.54, 1.807) is 34.6 Å². The van der Waals surface area contributed by atoms with Crippen LogP contribution in [-0.4, -0.2) is 37.0 Å². The predicted molar refractivity (Wildman–Crippen MR) is 67.4 cm³/mol. The smallest absolute Gasteiger partial charge is 0.321 e. The molecule has 2 N–H and O–H groups in total. The van der Waals surface area contributed by atoms with Crippen LogP contribution in [0.5, 0.6) is 0 Å². The largest absolute Gasteiger partial charge is 0.459 e. The number of sulfone groups is 1. The zero-order chi connectivity index (χ0) is 13.9. The minimum atomic E-state index is -3.48. The molecule has 0 aromatic heterocycles. The predicted octanol–water partition coefficient (Wildman–Crippen LogP) is 0.869. The number of carbonyl (C=O) groups excluding carboxylic acids is 1. The summed E-state index contributed by atoms with van der Waals surface area (Å²) in [5.74, 6) is -1.30. The highest BCUT2D eigenvalue weighted by molar-refractivity contribution is 7.92. The minimum absolute atomic E-state index is 0.210. The highest BCUT2D eigenvalue weighted by atomic mass is 32.2. The number of rotatable bonds is 5. The second kappa shape index (κ2) is 5.82. The molecule has 0 aliphatic heterocycles. The number of carbonyl (C=O) groups is 1. The maximum Gasteiger partial charge on any atom is 0.321 e. The normalized spacial score (nSPS) is 16.4. The van der Waals surface area contributed by atoms with Crippen LogP contribution < -0.4 is 5.73 Å². The number of ether oxygens (including phenoxy) is 1. The molecule has 0 radical (unpaired) electrons. The molecule has 0 saturated carbocycles. The molecule has 0 heterocycles. The van der Waals surface area contributed by atoms with Gasteiger partial charge in [0.2, 0.25) is 0 Å². The van der Waals surface area contributed by atoms with Gasteiger partial charge in [-0.1, -0.05) is 0 Å². The van der Waals surface area contributed by atoms with Crippen molar-refractivity contribution < 1.29 is 17.9 Å². The van der Waals surface area contributed by atoms with Crippen LogP contribution in [0.15, 0.2) is 0 Å². The number of hydrogen-bond acceptors (Lipinski definition) is 5. The van der Waals surface area contributed by atoms with Crippen molar-refractivity contribution in [2.45, 2.75) is 57.9 Å². The van der Waals surface area contributed by atoms with Gasteiger partial charge in [0.25, 0.3) is 0 Å². The lowest BCUT2D eigenvalue weighted by Gasteiger charge is -2.20. The van der Waals surface area contributed by atoms with Crippen LogP contribution in [0.4, 0.5) is 0 Å². The third kappa shape index (κ3) is 7.33. The maximum atomic E-state index is 11.8. The van der Waals surface area contributed by atoms with E-state index in [1.807, 2.05) is 0 Å². The van der Waals surface area contributed by atoms with Crippen LogP contribution in [0.1, 0.15) is 41.0 Å². The lowest BCUT2D eigenvalue weighted by molar-refractivity contribution is -0.151. The average molecular weight is 265 g/mol. The molecule has 17 heavy (non-hydrogen) atoms. The summed E-state index contributed by atoms with van der Waals surface area (Å²) in [7, 11) is -3.48. The summed E-state index contributed by atoms with van der Waals surface area (Å²) in [5.41, 5.74) is 4.87. The van der Waals surface area contributed by atoms with Crippen LogP contribution in [0, 0.1) is 0 Å². The second-order valence-corrected chi connectivity index (χ2v) is 7.84. The highest BCUT2D eigenvalue weighted by Gasteiger charge is 2.27. The van der Waals surface area contributed by atoms with E-state index in [0.717, 1.165) is 0 Å². The molecular formula is C11H23NO4S. The fraction of sp³-hybridized carbons (Fsp3) is 0.909. The van der Waals surface area contributed by atoms with Gasteiger partial charge in [-0.15, -0.1) is 0 Å². The van der Waals surface area contributed by atoms with E-state index in [0.29, 0.717) is 6.42 Å². The summed E-state index contributed by atoms with van der Waals surface area (Å²) in [6, 6.07) is -0.210. The van der Waals surface area contributed by atoms with Gasteiger partial charge in [-0.2, -0.15) is 0 Å². The van der Waals surface area contributed by atoms with Crippen LogP contribution in [0.3, 0.4) is 0 Å². The standard InChI is InChI=1S/C11H23NO4S/c1-8(12)6-9(2)17(14,15)7-10(13)16-11(3,4)5/h8-9H,6-7,12H2,1-5H3. The van der Waals surface area contributed by atoms with Gasteiger partial charge in [0.15, 0.2) is 9.84 Å². The molecule has 0 aliphatic carbocycles. The molecule has 2 unspecified atom stereocenters. The van der Waals surface area contributed by atoms with Crippen molar-refractivity contribution in [2.24, 2.45) is 5.73 Å². The zero-order valence-corrected chi connectivity index (χ0v) is 12.0. The first-order valence-corrected chi connectivity index (χ1v) is 7.34. The molecule has 0 bridgehead atoms. The summed E-state index contributed by atoms with van der Waals surface area (Å²) in [6.45, 7) is 8.39. The summed E-state index contributed by atoms with van der Waals surface area (Å²) in [5, 5.41) is -0.630. The maximum absolute atomic E-state index is 11.8. The molecule has 0 fully saturated rings. The first kappa shape index (κ1) is 16.4. The first-order chi connectivity index (χ1) is 7.44. The van der Waals surface area contributed by atoms with Crippen molar-refractivity contribution in [3.8, 4) is 0 Å².